The molecule has 4 rings (SSSR count). The lowest BCUT2D eigenvalue weighted by Crippen LogP contribution is -2.38. The first-order valence-corrected chi connectivity index (χ1v) is 9.08. The molecule has 0 bridgehead atoms. The minimum atomic E-state index is -0.654. The fraction of sp³-hybridized carbons (Fsp3) is 0.550. The molecular weight excluding hydrogens is 316 g/mol. The van der Waals surface area contributed by atoms with Crippen molar-refractivity contribution in [3.8, 4) is 0 Å². The van der Waals surface area contributed by atoms with E-state index in [2.05, 4.69) is 19.1 Å². The Kier molecular flexibility index (Phi) is 3.89. The Balaban J connectivity index is 1.67. The number of hydrogen-bond acceptors (Lipinski definition) is 3. The van der Waals surface area contributed by atoms with Crippen LogP contribution in [0.1, 0.15) is 34.5 Å². The second-order valence-corrected chi connectivity index (χ2v) is 7.84. The normalized spacial score (nSPS) is 29.2. The van der Waals surface area contributed by atoms with Gasteiger partial charge in [0.05, 0.1) is 17.7 Å². The van der Waals surface area contributed by atoms with Crippen molar-refractivity contribution in [1.82, 2.24) is 9.47 Å². The van der Waals surface area contributed by atoms with Crippen LogP contribution in [-0.4, -0.2) is 50.9 Å². The van der Waals surface area contributed by atoms with Gasteiger partial charge in [-0.1, -0.05) is 18.2 Å². The number of amides is 1. The van der Waals surface area contributed by atoms with Crippen LogP contribution in [0.2, 0.25) is 0 Å². The summed E-state index contributed by atoms with van der Waals surface area (Å²) in [6.07, 6.45) is -0.136. The highest BCUT2D eigenvalue weighted by atomic mass is 16.3. The zero-order valence-corrected chi connectivity index (χ0v) is 15.1. The standard InChI is InChI=1S/C20H26N2O3/c1-11-5-4-6-15-12(2)19(21(3)18(11)15)20(25)22-9-13-7-16(23)17(24)8-14(13)10-22/h4-6,13-14,16-17,23-24H,7-10H2,1-3H3/t13-,14+,16+,17-. The number of carbonyl (C=O) groups is 1. The highest BCUT2D eigenvalue weighted by molar-refractivity contribution is 6.02. The number of para-hydroxylation sites is 1. The fourth-order valence-electron chi connectivity index (χ4n) is 4.92. The van der Waals surface area contributed by atoms with Crippen LogP contribution in [0.3, 0.4) is 0 Å². The lowest BCUT2D eigenvalue weighted by atomic mass is 9.79. The average molecular weight is 342 g/mol. The quantitative estimate of drug-likeness (QED) is 0.833. The summed E-state index contributed by atoms with van der Waals surface area (Å²) in [4.78, 5) is 15.2. The van der Waals surface area contributed by atoms with Gasteiger partial charge in [-0.3, -0.25) is 4.79 Å². The number of hydrogen-bond donors (Lipinski definition) is 2. The number of likely N-dealkylation sites (tertiary alicyclic amines) is 1. The van der Waals surface area contributed by atoms with Crippen molar-refractivity contribution in [2.45, 2.75) is 38.9 Å². The maximum atomic E-state index is 13.3. The van der Waals surface area contributed by atoms with E-state index in [1.807, 2.05) is 29.5 Å². The van der Waals surface area contributed by atoms with Crippen LogP contribution in [0, 0.1) is 25.7 Å². The summed E-state index contributed by atoms with van der Waals surface area (Å²) in [5.74, 6) is 0.645. The molecular formula is C20H26N2O3. The minimum Gasteiger partial charge on any atom is -0.390 e. The van der Waals surface area contributed by atoms with E-state index in [1.165, 1.54) is 5.56 Å². The summed E-state index contributed by atoms with van der Waals surface area (Å²) in [7, 11) is 1.96. The average Bonchev–Trinajstić information content (AvgIpc) is 3.08. The molecule has 2 heterocycles. The second-order valence-electron chi connectivity index (χ2n) is 7.84. The van der Waals surface area contributed by atoms with Crippen molar-refractivity contribution in [3.63, 3.8) is 0 Å². The number of aryl methyl sites for hydroxylation is 3. The number of carbonyl (C=O) groups excluding carboxylic acids is 1. The third kappa shape index (κ3) is 2.49. The van der Waals surface area contributed by atoms with Gasteiger partial charge < -0.3 is 19.7 Å². The highest BCUT2D eigenvalue weighted by Gasteiger charge is 2.43. The number of nitrogens with zero attached hydrogens (tertiary/aromatic N) is 2. The van der Waals surface area contributed by atoms with Crippen molar-refractivity contribution in [2.24, 2.45) is 18.9 Å². The van der Waals surface area contributed by atoms with Gasteiger partial charge in [-0.15, -0.1) is 0 Å². The lowest BCUT2D eigenvalue weighted by molar-refractivity contribution is -0.0372. The molecule has 1 saturated carbocycles. The number of benzene rings is 1. The molecule has 0 unspecified atom stereocenters. The van der Waals surface area contributed by atoms with E-state index in [4.69, 9.17) is 0 Å². The Morgan fingerprint density at radius 1 is 1.08 bits per heavy atom. The van der Waals surface area contributed by atoms with Crippen molar-refractivity contribution in [1.29, 1.82) is 0 Å². The molecule has 5 heteroatoms. The number of aromatic nitrogens is 1. The van der Waals surface area contributed by atoms with Crippen molar-refractivity contribution in [2.75, 3.05) is 13.1 Å². The van der Waals surface area contributed by atoms with Gasteiger partial charge in [0.15, 0.2) is 0 Å². The molecule has 5 nitrogen and oxygen atoms in total. The zero-order chi connectivity index (χ0) is 17.9. The first kappa shape index (κ1) is 16.6. The van der Waals surface area contributed by atoms with E-state index in [1.54, 1.807) is 0 Å². The van der Waals surface area contributed by atoms with E-state index >= 15 is 0 Å². The molecule has 2 aliphatic rings. The maximum absolute atomic E-state index is 13.3. The third-order valence-electron chi connectivity index (χ3n) is 6.27. The summed E-state index contributed by atoms with van der Waals surface area (Å²) >= 11 is 0. The number of rotatable bonds is 1. The fourth-order valence-corrected chi connectivity index (χ4v) is 4.92. The van der Waals surface area contributed by atoms with Crippen molar-refractivity contribution >= 4 is 16.8 Å². The van der Waals surface area contributed by atoms with E-state index in [9.17, 15) is 15.0 Å². The van der Waals surface area contributed by atoms with E-state index in [-0.39, 0.29) is 5.91 Å². The first-order valence-electron chi connectivity index (χ1n) is 9.08. The van der Waals surface area contributed by atoms with Crippen LogP contribution in [0.4, 0.5) is 0 Å². The third-order valence-corrected chi connectivity index (χ3v) is 6.27. The van der Waals surface area contributed by atoms with Gasteiger partial charge in [-0.05, 0) is 49.7 Å². The smallest absolute Gasteiger partial charge is 0.270 e. The molecule has 1 aliphatic carbocycles. The summed E-state index contributed by atoms with van der Waals surface area (Å²) in [5.41, 5.74) is 4.07. The van der Waals surface area contributed by atoms with Gasteiger partial charge in [0.25, 0.3) is 5.91 Å². The molecule has 4 atom stereocenters. The molecule has 0 radical (unpaired) electrons. The minimum absolute atomic E-state index is 0.0639. The predicted octanol–water partition coefficient (Wildman–Crippen LogP) is 2.00. The highest BCUT2D eigenvalue weighted by Crippen LogP contribution is 2.38. The molecule has 1 aromatic heterocycles. The SMILES string of the molecule is Cc1c(C(=O)N2C[C@H]3C[C@H](O)[C@H](O)C[C@H]3C2)n(C)c2c(C)cccc12. The summed E-state index contributed by atoms with van der Waals surface area (Å²) < 4.78 is 2.02. The largest absolute Gasteiger partial charge is 0.390 e. The van der Waals surface area contributed by atoms with Crippen molar-refractivity contribution in [3.05, 3.63) is 35.0 Å². The van der Waals surface area contributed by atoms with Gasteiger partial charge in [0.1, 0.15) is 5.69 Å². The van der Waals surface area contributed by atoms with Crippen LogP contribution < -0.4 is 0 Å². The summed E-state index contributed by atoms with van der Waals surface area (Å²) in [6, 6.07) is 6.18. The molecule has 2 aromatic rings. The Bertz CT molecular complexity index is 823. The number of aliphatic hydroxyl groups is 2. The van der Waals surface area contributed by atoms with E-state index < -0.39 is 12.2 Å². The molecule has 1 saturated heterocycles. The molecule has 25 heavy (non-hydrogen) atoms. The molecule has 2 N–H and O–H groups in total. The van der Waals surface area contributed by atoms with Crippen LogP contribution >= 0.6 is 0 Å². The summed E-state index contributed by atoms with van der Waals surface area (Å²) in [5, 5.41) is 21.0. The van der Waals surface area contributed by atoms with Gasteiger partial charge in [-0.25, -0.2) is 0 Å². The van der Waals surface area contributed by atoms with E-state index in [0.717, 1.165) is 22.2 Å². The Hall–Kier alpha value is -1.85. The summed E-state index contributed by atoms with van der Waals surface area (Å²) in [6.45, 7) is 5.44. The molecule has 2 fully saturated rings. The van der Waals surface area contributed by atoms with E-state index in [0.29, 0.717) is 37.8 Å². The maximum Gasteiger partial charge on any atom is 0.270 e. The van der Waals surface area contributed by atoms with Gasteiger partial charge >= 0.3 is 0 Å². The Labute approximate surface area is 147 Å². The lowest BCUT2D eigenvalue weighted by Gasteiger charge is -2.31. The Morgan fingerprint density at radius 3 is 2.24 bits per heavy atom. The number of aliphatic hydroxyl groups excluding tert-OH is 2. The molecule has 1 aromatic carbocycles. The van der Waals surface area contributed by atoms with Crippen LogP contribution in [-0.2, 0) is 7.05 Å². The zero-order valence-electron chi connectivity index (χ0n) is 15.1. The number of fused-ring (bicyclic) bond motifs is 2. The molecule has 1 aliphatic heterocycles. The van der Waals surface area contributed by atoms with Gasteiger partial charge in [-0.2, -0.15) is 0 Å². The second kappa shape index (κ2) is 5.85. The van der Waals surface area contributed by atoms with Gasteiger partial charge in [0, 0.05) is 25.5 Å². The monoisotopic (exact) mass is 342 g/mol. The van der Waals surface area contributed by atoms with Crippen LogP contribution in [0.5, 0.6) is 0 Å². The van der Waals surface area contributed by atoms with Crippen LogP contribution in [0.25, 0.3) is 10.9 Å². The molecule has 1 amide bonds. The van der Waals surface area contributed by atoms with Crippen molar-refractivity contribution < 1.29 is 15.0 Å². The topological polar surface area (TPSA) is 65.7 Å². The molecule has 134 valence electrons. The van der Waals surface area contributed by atoms with Crippen LogP contribution in [0.15, 0.2) is 18.2 Å². The Morgan fingerprint density at radius 2 is 1.68 bits per heavy atom. The predicted molar refractivity (Wildman–Crippen MR) is 96.5 cm³/mol. The molecule has 0 spiro atoms. The first-order chi connectivity index (χ1) is 11.9. The van der Waals surface area contributed by atoms with Gasteiger partial charge in [0.2, 0.25) is 0 Å².